The van der Waals surface area contributed by atoms with Gasteiger partial charge < -0.3 is 10.0 Å². The van der Waals surface area contributed by atoms with Gasteiger partial charge in [0.25, 0.3) is 0 Å². The fraction of sp³-hybridized carbons (Fsp3) is 0.0294. The number of fused-ring (bicyclic) bond motifs is 3. The van der Waals surface area contributed by atoms with Crippen molar-refractivity contribution in [1.29, 1.82) is 0 Å². The van der Waals surface area contributed by atoms with Gasteiger partial charge in [-0.2, -0.15) is 9.97 Å². The highest BCUT2D eigenvalue weighted by Crippen LogP contribution is 2.35. The minimum atomic E-state index is -1.51. The Hall–Kier alpha value is -4.76. The Morgan fingerprint density at radius 2 is 1.14 bits per heavy atom. The lowest BCUT2D eigenvalue weighted by molar-refractivity contribution is 0.425. The van der Waals surface area contributed by atoms with E-state index >= 15 is 0 Å². The Morgan fingerprint density at radius 1 is 0.571 bits per heavy atom. The number of nitrogens with zero attached hydrogens (tertiary/aromatic N) is 4. The van der Waals surface area contributed by atoms with Crippen LogP contribution in [0.2, 0.25) is 0 Å². The lowest BCUT2D eigenvalue weighted by atomic mass is 9.79. The van der Waals surface area contributed by atoms with E-state index in [9.17, 15) is 10.0 Å². The molecule has 0 aliphatic rings. The van der Waals surface area contributed by atoms with Gasteiger partial charge in [-0.25, -0.2) is 4.98 Å². The first-order valence-electron chi connectivity index (χ1n) is 13.6. The molecule has 2 N–H and O–H groups in total. The molecule has 0 fully saturated rings. The second-order valence-corrected chi connectivity index (χ2v) is 10.8. The highest BCUT2D eigenvalue weighted by Gasteiger charge is 2.19. The van der Waals surface area contributed by atoms with Crippen molar-refractivity contribution in [2.75, 3.05) is 6.26 Å². The zero-order valence-corrected chi connectivity index (χ0v) is 23.5. The summed E-state index contributed by atoms with van der Waals surface area (Å²) < 4.78 is 2.10. The standard InChI is InChI=1S/C34H25BN4O2S/c1-42-31-21-25(16-18-28(31)35(40)41)24-17-19-30-27(20-24)26-14-8-9-15-29(26)39(30)34-37-32(22-10-4-2-5-11-22)36-33(38-34)23-12-6-3-7-13-23/h2-21,40-41H,1H3. The summed E-state index contributed by atoms with van der Waals surface area (Å²) >= 11 is 1.49. The van der Waals surface area contributed by atoms with Crippen LogP contribution < -0.4 is 5.46 Å². The van der Waals surface area contributed by atoms with E-state index in [2.05, 4.69) is 34.9 Å². The van der Waals surface area contributed by atoms with Gasteiger partial charge >= 0.3 is 7.12 Å². The average molecular weight is 564 g/mol. The minimum Gasteiger partial charge on any atom is -0.423 e. The molecule has 0 spiro atoms. The van der Waals surface area contributed by atoms with Crippen LogP contribution in [0.15, 0.2) is 126 Å². The molecule has 0 bridgehead atoms. The third-order valence-electron chi connectivity index (χ3n) is 7.41. The maximum Gasteiger partial charge on any atom is 0.489 e. The highest BCUT2D eigenvalue weighted by molar-refractivity contribution is 7.98. The van der Waals surface area contributed by atoms with Crippen LogP contribution in [0.4, 0.5) is 0 Å². The number of benzene rings is 5. The largest absolute Gasteiger partial charge is 0.489 e. The van der Waals surface area contributed by atoms with Crippen LogP contribution >= 0.6 is 11.8 Å². The molecule has 0 amide bonds. The first-order chi connectivity index (χ1) is 20.6. The highest BCUT2D eigenvalue weighted by atomic mass is 32.2. The molecule has 0 atom stereocenters. The molecule has 5 aromatic carbocycles. The average Bonchev–Trinajstić information content (AvgIpc) is 3.38. The first kappa shape index (κ1) is 26.2. The maximum atomic E-state index is 9.78. The molecule has 0 aliphatic carbocycles. The molecular weight excluding hydrogens is 539 g/mol. The quantitative estimate of drug-likeness (QED) is 0.180. The molecule has 0 unspecified atom stereocenters. The lowest BCUT2D eigenvalue weighted by Gasteiger charge is -2.11. The molecule has 0 saturated heterocycles. The Bertz CT molecular complexity index is 2010. The Morgan fingerprint density at radius 3 is 1.79 bits per heavy atom. The summed E-state index contributed by atoms with van der Waals surface area (Å²) in [6.07, 6.45) is 1.93. The second-order valence-electron chi connectivity index (χ2n) is 9.93. The van der Waals surface area contributed by atoms with Gasteiger partial charge in [0.15, 0.2) is 11.6 Å². The molecule has 6 nitrogen and oxygen atoms in total. The number of para-hydroxylation sites is 1. The molecule has 202 valence electrons. The van der Waals surface area contributed by atoms with E-state index in [-0.39, 0.29) is 0 Å². The molecule has 8 heteroatoms. The predicted molar refractivity (Wildman–Crippen MR) is 172 cm³/mol. The van der Waals surface area contributed by atoms with E-state index in [1.165, 1.54) is 11.8 Å². The van der Waals surface area contributed by atoms with E-state index in [0.717, 1.165) is 49.0 Å². The third-order valence-corrected chi connectivity index (χ3v) is 8.20. The van der Waals surface area contributed by atoms with Crippen LogP contribution in [-0.2, 0) is 0 Å². The molecular formula is C34H25BN4O2S. The molecule has 2 heterocycles. The van der Waals surface area contributed by atoms with Crippen LogP contribution in [0.5, 0.6) is 0 Å². The van der Waals surface area contributed by atoms with Crippen LogP contribution in [0.3, 0.4) is 0 Å². The van der Waals surface area contributed by atoms with Gasteiger partial charge in [-0.1, -0.05) is 97.1 Å². The molecule has 0 saturated carbocycles. The van der Waals surface area contributed by atoms with Gasteiger partial charge in [0.1, 0.15) is 0 Å². The van der Waals surface area contributed by atoms with E-state index in [4.69, 9.17) is 15.0 Å². The number of hydrogen-bond donors (Lipinski definition) is 2. The fourth-order valence-corrected chi connectivity index (χ4v) is 6.02. The first-order valence-corrected chi connectivity index (χ1v) is 14.8. The van der Waals surface area contributed by atoms with E-state index in [1.807, 2.05) is 91.2 Å². The Labute approximate surface area is 247 Å². The van der Waals surface area contributed by atoms with Crippen LogP contribution in [0, 0.1) is 0 Å². The molecule has 7 rings (SSSR count). The van der Waals surface area contributed by atoms with E-state index < -0.39 is 7.12 Å². The smallest absolute Gasteiger partial charge is 0.423 e. The van der Waals surface area contributed by atoms with Crippen molar-refractivity contribution in [3.63, 3.8) is 0 Å². The summed E-state index contributed by atoms with van der Waals surface area (Å²) in [6.45, 7) is 0. The topological polar surface area (TPSA) is 84.1 Å². The number of rotatable bonds is 6. The Kier molecular flexibility index (Phi) is 6.80. The summed E-state index contributed by atoms with van der Waals surface area (Å²) in [5, 5.41) is 21.7. The Balaban J connectivity index is 1.46. The van der Waals surface area contributed by atoms with Crippen LogP contribution in [0.1, 0.15) is 0 Å². The number of hydrogen-bond acceptors (Lipinski definition) is 6. The zero-order valence-electron chi connectivity index (χ0n) is 22.7. The van der Waals surface area contributed by atoms with Crippen LogP contribution in [-0.4, -0.2) is 42.9 Å². The number of aromatic nitrogens is 4. The van der Waals surface area contributed by atoms with Gasteiger partial charge in [0.05, 0.1) is 11.0 Å². The minimum absolute atomic E-state index is 0.502. The zero-order chi connectivity index (χ0) is 28.6. The molecule has 7 aromatic rings. The van der Waals surface area contributed by atoms with E-state index in [0.29, 0.717) is 23.1 Å². The summed E-state index contributed by atoms with van der Waals surface area (Å²) in [4.78, 5) is 15.7. The molecule has 42 heavy (non-hydrogen) atoms. The SMILES string of the molecule is CSc1cc(-c2ccc3c(c2)c2ccccc2n3-c2nc(-c3ccccc3)nc(-c3ccccc3)n2)ccc1B(O)O. The normalized spacial score (nSPS) is 11.3. The molecule has 2 aromatic heterocycles. The van der Waals surface area contributed by atoms with Gasteiger partial charge in [-0.3, -0.25) is 4.57 Å². The van der Waals surface area contributed by atoms with Gasteiger partial charge in [0, 0.05) is 26.8 Å². The fourth-order valence-electron chi connectivity index (χ4n) is 5.37. The molecule has 0 aliphatic heterocycles. The summed E-state index contributed by atoms with van der Waals surface area (Å²) in [7, 11) is -1.51. The molecule has 0 radical (unpaired) electrons. The van der Waals surface area contributed by atoms with Crippen LogP contribution in [0.25, 0.3) is 61.7 Å². The third kappa shape index (κ3) is 4.65. The lowest BCUT2D eigenvalue weighted by Crippen LogP contribution is -2.31. The van der Waals surface area contributed by atoms with Crippen molar-refractivity contribution in [3.05, 3.63) is 121 Å². The van der Waals surface area contributed by atoms with E-state index in [1.54, 1.807) is 6.07 Å². The summed E-state index contributed by atoms with van der Waals surface area (Å²) in [6, 6.07) is 40.3. The second kappa shape index (κ2) is 10.9. The summed E-state index contributed by atoms with van der Waals surface area (Å²) in [5.41, 5.74) is 6.35. The van der Waals surface area contributed by atoms with Gasteiger partial charge in [-0.05, 0) is 47.1 Å². The van der Waals surface area contributed by atoms with Crippen molar-refractivity contribution in [2.45, 2.75) is 4.90 Å². The number of thioether (sulfide) groups is 1. The van der Waals surface area contributed by atoms with Crippen molar-refractivity contribution < 1.29 is 10.0 Å². The van der Waals surface area contributed by atoms with Gasteiger partial charge in [-0.15, -0.1) is 11.8 Å². The van der Waals surface area contributed by atoms with Crippen molar-refractivity contribution in [2.24, 2.45) is 0 Å². The van der Waals surface area contributed by atoms with Crippen molar-refractivity contribution in [1.82, 2.24) is 19.5 Å². The maximum absolute atomic E-state index is 9.78. The summed E-state index contributed by atoms with van der Waals surface area (Å²) in [5.74, 6) is 1.77. The predicted octanol–water partition coefficient (Wildman–Crippen LogP) is 6.37. The van der Waals surface area contributed by atoms with Crippen molar-refractivity contribution in [3.8, 4) is 39.9 Å². The van der Waals surface area contributed by atoms with Gasteiger partial charge in [0.2, 0.25) is 5.95 Å². The monoisotopic (exact) mass is 564 g/mol. The van der Waals surface area contributed by atoms with Crippen molar-refractivity contribution >= 4 is 46.1 Å².